The van der Waals surface area contributed by atoms with Gasteiger partial charge in [0, 0.05) is 27.1 Å². The summed E-state index contributed by atoms with van der Waals surface area (Å²) in [4.78, 5) is 28.4. The third kappa shape index (κ3) is 4.45. The van der Waals surface area contributed by atoms with E-state index >= 15 is 0 Å². The zero-order valence-electron chi connectivity index (χ0n) is 15.4. The van der Waals surface area contributed by atoms with Crippen LogP contribution in [0.4, 0.5) is 0 Å². The van der Waals surface area contributed by atoms with Gasteiger partial charge in [-0.3, -0.25) is 9.59 Å². The minimum Gasteiger partial charge on any atom is -0.341 e. The number of carbonyl (C=O) groups excluding carboxylic acids is 2. The number of hydrogen-bond donors (Lipinski definition) is 0. The van der Waals surface area contributed by atoms with Crippen LogP contribution in [0.3, 0.4) is 0 Å². The van der Waals surface area contributed by atoms with Crippen LogP contribution in [-0.2, 0) is 22.6 Å². The second-order valence-electron chi connectivity index (χ2n) is 6.88. The maximum atomic E-state index is 12.9. The Morgan fingerprint density at radius 2 is 1.89 bits per heavy atom. The summed E-state index contributed by atoms with van der Waals surface area (Å²) in [6.45, 7) is 2.63. The molecule has 0 fully saturated rings. The predicted molar refractivity (Wildman–Crippen MR) is 108 cm³/mol. The SMILES string of the molecule is CC(=O)N1CCc2ccccc2C1CC(=O)N(C)Cc1ccc(Cl)c(Cl)c1. The van der Waals surface area contributed by atoms with Crippen molar-refractivity contribution in [3.63, 3.8) is 0 Å². The quantitative estimate of drug-likeness (QED) is 0.752. The van der Waals surface area contributed by atoms with Crippen LogP contribution in [0.25, 0.3) is 0 Å². The van der Waals surface area contributed by atoms with Crippen LogP contribution in [0.2, 0.25) is 10.0 Å². The lowest BCUT2D eigenvalue weighted by atomic mass is 9.90. The number of benzene rings is 2. The van der Waals surface area contributed by atoms with Crippen molar-refractivity contribution in [2.75, 3.05) is 13.6 Å². The van der Waals surface area contributed by atoms with Crippen LogP contribution in [0, 0.1) is 0 Å². The van der Waals surface area contributed by atoms with Gasteiger partial charge in [0.1, 0.15) is 0 Å². The highest BCUT2D eigenvalue weighted by molar-refractivity contribution is 6.42. The van der Waals surface area contributed by atoms with Gasteiger partial charge in [0.05, 0.1) is 22.5 Å². The number of hydrogen-bond acceptors (Lipinski definition) is 2. The molecule has 3 rings (SSSR count). The highest BCUT2D eigenvalue weighted by Gasteiger charge is 2.31. The topological polar surface area (TPSA) is 40.6 Å². The Hall–Kier alpha value is -2.04. The van der Waals surface area contributed by atoms with E-state index in [1.165, 1.54) is 5.56 Å². The second kappa shape index (κ2) is 8.32. The zero-order chi connectivity index (χ0) is 19.6. The standard InChI is InChI=1S/C21H22Cl2N2O2/c1-14(26)25-10-9-16-5-3-4-6-17(16)20(25)12-21(27)24(2)13-15-7-8-18(22)19(23)11-15/h3-8,11,20H,9-10,12-13H2,1-2H3. The summed E-state index contributed by atoms with van der Waals surface area (Å²) in [5.41, 5.74) is 3.18. The molecule has 0 aromatic heterocycles. The average molecular weight is 405 g/mol. The largest absolute Gasteiger partial charge is 0.341 e. The molecule has 1 aliphatic rings. The van der Waals surface area contributed by atoms with Crippen LogP contribution in [0.1, 0.15) is 36.1 Å². The normalized spacial score (nSPS) is 16.0. The lowest BCUT2D eigenvalue weighted by molar-refractivity contribution is -0.136. The molecular weight excluding hydrogens is 383 g/mol. The summed E-state index contributed by atoms with van der Waals surface area (Å²) in [6.07, 6.45) is 1.08. The number of rotatable bonds is 4. The first-order valence-electron chi connectivity index (χ1n) is 8.89. The van der Waals surface area contributed by atoms with Crippen molar-refractivity contribution in [1.82, 2.24) is 9.80 Å². The molecule has 0 N–H and O–H groups in total. The first kappa shape index (κ1) is 19.7. The molecule has 0 saturated heterocycles. The van der Waals surface area contributed by atoms with Crippen molar-refractivity contribution in [1.29, 1.82) is 0 Å². The molecule has 1 atom stereocenters. The van der Waals surface area contributed by atoms with E-state index in [1.54, 1.807) is 35.9 Å². The molecule has 27 heavy (non-hydrogen) atoms. The first-order chi connectivity index (χ1) is 12.9. The van der Waals surface area contributed by atoms with E-state index in [0.29, 0.717) is 23.1 Å². The van der Waals surface area contributed by atoms with Gasteiger partial charge >= 0.3 is 0 Å². The monoisotopic (exact) mass is 404 g/mol. The van der Waals surface area contributed by atoms with E-state index in [4.69, 9.17) is 23.2 Å². The fourth-order valence-electron chi connectivity index (χ4n) is 3.57. The zero-order valence-corrected chi connectivity index (χ0v) is 16.9. The minimum absolute atomic E-state index is 0.00515. The van der Waals surface area contributed by atoms with Gasteiger partial charge in [-0.15, -0.1) is 0 Å². The van der Waals surface area contributed by atoms with Crippen LogP contribution >= 0.6 is 23.2 Å². The lowest BCUT2D eigenvalue weighted by Gasteiger charge is -2.37. The number of halogens is 2. The molecule has 0 radical (unpaired) electrons. The Morgan fingerprint density at radius 3 is 2.59 bits per heavy atom. The maximum Gasteiger partial charge on any atom is 0.225 e. The second-order valence-corrected chi connectivity index (χ2v) is 7.69. The molecule has 1 aliphatic heterocycles. The summed E-state index contributed by atoms with van der Waals surface area (Å²) in [5.74, 6) is -0.0246. The van der Waals surface area contributed by atoms with Crippen molar-refractivity contribution < 1.29 is 9.59 Å². The van der Waals surface area contributed by atoms with Crippen LogP contribution in [0.5, 0.6) is 0 Å². The van der Waals surface area contributed by atoms with E-state index in [2.05, 4.69) is 6.07 Å². The fraction of sp³-hybridized carbons (Fsp3) is 0.333. The fourth-order valence-corrected chi connectivity index (χ4v) is 3.89. The molecule has 0 saturated carbocycles. The van der Waals surface area contributed by atoms with E-state index in [9.17, 15) is 9.59 Å². The highest BCUT2D eigenvalue weighted by Crippen LogP contribution is 2.33. The molecule has 0 bridgehead atoms. The summed E-state index contributed by atoms with van der Waals surface area (Å²) >= 11 is 12.0. The van der Waals surface area contributed by atoms with E-state index < -0.39 is 0 Å². The third-order valence-electron chi connectivity index (χ3n) is 5.01. The number of nitrogens with zero attached hydrogens (tertiary/aromatic N) is 2. The molecule has 142 valence electrons. The Kier molecular flexibility index (Phi) is 6.08. The van der Waals surface area contributed by atoms with E-state index in [0.717, 1.165) is 17.5 Å². The van der Waals surface area contributed by atoms with Crippen molar-refractivity contribution >= 4 is 35.0 Å². The highest BCUT2D eigenvalue weighted by atomic mass is 35.5. The summed E-state index contributed by atoms with van der Waals surface area (Å²) < 4.78 is 0. The average Bonchev–Trinajstić information content (AvgIpc) is 2.64. The molecule has 0 spiro atoms. The molecule has 1 unspecified atom stereocenters. The third-order valence-corrected chi connectivity index (χ3v) is 5.75. The molecule has 2 amide bonds. The van der Waals surface area contributed by atoms with Crippen LogP contribution in [0.15, 0.2) is 42.5 Å². The van der Waals surface area contributed by atoms with Crippen molar-refractivity contribution in [3.05, 3.63) is 69.2 Å². The maximum absolute atomic E-state index is 12.9. The molecule has 1 heterocycles. The van der Waals surface area contributed by atoms with Gasteiger partial charge in [-0.05, 0) is 35.2 Å². The number of amides is 2. The van der Waals surface area contributed by atoms with E-state index in [-0.39, 0.29) is 24.3 Å². The van der Waals surface area contributed by atoms with Crippen molar-refractivity contribution in [2.45, 2.75) is 32.4 Å². The first-order valence-corrected chi connectivity index (χ1v) is 9.65. The molecule has 6 heteroatoms. The van der Waals surface area contributed by atoms with Crippen molar-refractivity contribution in [2.24, 2.45) is 0 Å². The van der Waals surface area contributed by atoms with Crippen molar-refractivity contribution in [3.8, 4) is 0 Å². The smallest absolute Gasteiger partial charge is 0.225 e. The number of carbonyl (C=O) groups is 2. The van der Waals surface area contributed by atoms with Gasteiger partial charge in [0.15, 0.2) is 0 Å². The van der Waals surface area contributed by atoms with E-state index in [1.807, 2.05) is 24.3 Å². The van der Waals surface area contributed by atoms with Gasteiger partial charge in [-0.2, -0.15) is 0 Å². The molecule has 2 aromatic rings. The van der Waals surface area contributed by atoms with Gasteiger partial charge in [-0.1, -0.05) is 53.5 Å². The number of fused-ring (bicyclic) bond motifs is 1. The van der Waals surface area contributed by atoms with Crippen LogP contribution < -0.4 is 0 Å². The molecule has 0 aliphatic carbocycles. The Labute approximate surface area is 169 Å². The van der Waals surface area contributed by atoms with Gasteiger partial charge in [0.25, 0.3) is 0 Å². The Bertz CT molecular complexity index is 869. The minimum atomic E-state index is -0.226. The summed E-state index contributed by atoms with van der Waals surface area (Å²) in [7, 11) is 1.76. The van der Waals surface area contributed by atoms with Gasteiger partial charge in [0.2, 0.25) is 11.8 Å². The predicted octanol–water partition coefficient (Wildman–Crippen LogP) is 4.49. The van der Waals surface area contributed by atoms with Gasteiger partial charge < -0.3 is 9.80 Å². The molecule has 4 nitrogen and oxygen atoms in total. The molecular formula is C21H22Cl2N2O2. The van der Waals surface area contributed by atoms with Gasteiger partial charge in [-0.25, -0.2) is 0 Å². The van der Waals surface area contributed by atoms with Crippen LogP contribution in [-0.4, -0.2) is 35.2 Å². The lowest BCUT2D eigenvalue weighted by Crippen LogP contribution is -2.41. The summed E-state index contributed by atoms with van der Waals surface area (Å²) in [5, 5.41) is 0.962. The Morgan fingerprint density at radius 1 is 1.15 bits per heavy atom. The Balaban J connectivity index is 1.76. The molecule has 2 aromatic carbocycles. The summed E-state index contributed by atoms with van der Waals surface area (Å²) in [6, 6.07) is 13.2.